The molecule has 0 aliphatic heterocycles. The average molecular weight is 372 g/mol. The molecule has 1 N–H and O–H groups in total. The van der Waals surface area contributed by atoms with Gasteiger partial charge in [0.2, 0.25) is 0 Å². The van der Waals surface area contributed by atoms with E-state index in [9.17, 15) is 14.9 Å². The van der Waals surface area contributed by atoms with E-state index in [0.29, 0.717) is 18.7 Å². The molecule has 0 heterocycles. The van der Waals surface area contributed by atoms with E-state index in [1.807, 2.05) is 32.9 Å². The standard InChI is InChI=1S/C20H24N2O5/c1-20(2,3)27-19(23)16-8-5-14(6-9-16)12-21-13-15-7-10-18(26-4)17(11-15)22(24)25/h5-11,21H,12-13H2,1-4H3. The van der Waals surface area contributed by atoms with E-state index in [0.717, 1.165) is 11.1 Å². The number of methoxy groups -OCH3 is 1. The lowest BCUT2D eigenvalue weighted by Crippen LogP contribution is -2.23. The third kappa shape index (κ3) is 6.07. The van der Waals surface area contributed by atoms with Crippen LogP contribution in [0.4, 0.5) is 5.69 Å². The summed E-state index contributed by atoms with van der Waals surface area (Å²) in [6.07, 6.45) is 0. The van der Waals surface area contributed by atoms with Gasteiger partial charge in [0.1, 0.15) is 5.60 Å². The Bertz CT molecular complexity index is 810. The molecule has 0 aliphatic carbocycles. The van der Waals surface area contributed by atoms with Crippen LogP contribution in [0.5, 0.6) is 5.75 Å². The van der Waals surface area contributed by atoms with Crippen molar-refractivity contribution in [3.63, 3.8) is 0 Å². The maximum atomic E-state index is 12.0. The highest BCUT2D eigenvalue weighted by Gasteiger charge is 2.17. The number of carbonyl (C=O) groups excluding carboxylic acids is 1. The summed E-state index contributed by atoms with van der Waals surface area (Å²) in [6.45, 7) is 6.51. The van der Waals surface area contributed by atoms with Crippen LogP contribution in [0.3, 0.4) is 0 Å². The highest BCUT2D eigenvalue weighted by atomic mass is 16.6. The lowest BCUT2D eigenvalue weighted by Gasteiger charge is -2.19. The van der Waals surface area contributed by atoms with Gasteiger partial charge in [-0.3, -0.25) is 10.1 Å². The molecule has 0 atom stereocenters. The van der Waals surface area contributed by atoms with E-state index in [2.05, 4.69) is 5.32 Å². The Kier molecular flexibility index (Phi) is 6.52. The van der Waals surface area contributed by atoms with Gasteiger partial charge >= 0.3 is 11.7 Å². The monoisotopic (exact) mass is 372 g/mol. The minimum atomic E-state index is -0.529. The first-order valence-corrected chi connectivity index (χ1v) is 8.54. The Balaban J connectivity index is 1.93. The molecule has 144 valence electrons. The molecule has 0 unspecified atom stereocenters. The van der Waals surface area contributed by atoms with Crippen molar-refractivity contribution in [1.29, 1.82) is 0 Å². The van der Waals surface area contributed by atoms with Crippen LogP contribution >= 0.6 is 0 Å². The van der Waals surface area contributed by atoms with Crippen molar-refractivity contribution >= 4 is 11.7 Å². The Morgan fingerprint density at radius 1 is 1.07 bits per heavy atom. The van der Waals surface area contributed by atoms with Gasteiger partial charge in [0, 0.05) is 19.2 Å². The Morgan fingerprint density at radius 3 is 2.22 bits per heavy atom. The molecule has 0 aromatic heterocycles. The zero-order valence-electron chi connectivity index (χ0n) is 15.9. The second-order valence-electron chi connectivity index (χ2n) is 7.07. The maximum absolute atomic E-state index is 12.0. The third-order valence-electron chi connectivity index (χ3n) is 3.69. The number of rotatable bonds is 7. The van der Waals surface area contributed by atoms with Gasteiger partial charge in [0.25, 0.3) is 0 Å². The number of ether oxygens (including phenoxy) is 2. The topological polar surface area (TPSA) is 90.7 Å². The third-order valence-corrected chi connectivity index (χ3v) is 3.69. The number of nitrogens with one attached hydrogen (secondary N) is 1. The summed E-state index contributed by atoms with van der Waals surface area (Å²) in [5.74, 6) is -0.117. The highest BCUT2D eigenvalue weighted by molar-refractivity contribution is 5.89. The van der Waals surface area contributed by atoms with Crippen molar-refractivity contribution in [3.8, 4) is 5.75 Å². The number of nitro benzene ring substituents is 1. The van der Waals surface area contributed by atoms with Crippen molar-refractivity contribution in [2.75, 3.05) is 7.11 Å². The first-order chi connectivity index (χ1) is 12.7. The molecule has 7 heteroatoms. The molecular formula is C20H24N2O5. The SMILES string of the molecule is COc1ccc(CNCc2ccc(C(=O)OC(C)(C)C)cc2)cc1[N+](=O)[O-]. The van der Waals surface area contributed by atoms with Crippen LogP contribution in [0.25, 0.3) is 0 Å². The van der Waals surface area contributed by atoms with Crippen molar-refractivity contribution in [1.82, 2.24) is 5.32 Å². The van der Waals surface area contributed by atoms with E-state index in [1.54, 1.807) is 24.3 Å². The maximum Gasteiger partial charge on any atom is 0.338 e. The predicted molar refractivity (Wildman–Crippen MR) is 102 cm³/mol. The number of hydrogen-bond acceptors (Lipinski definition) is 6. The molecule has 0 amide bonds. The molecule has 0 spiro atoms. The van der Waals surface area contributed by atoms with Crippen molar-refractivity contribution in [3.05, 3.63) is 69.3 Å². The number of hydrogen-bond donors (Lipinski definition) is 1. The van der Waals surface area contributed by atoms with Crippen LogP contribution in [0.15, 0.2) is 42.5 Å². The van der Waals surface area contributed by atoms with Gasteiger partial charge in [-0.25, -0.2) is 4.79 Å². The van der Waals surface area contributed by atoms with E-state index in [4.69, 9.17) is 9.47 Å². The molecule has 0 saturated heterocycles. The lowest BCUT2D eigenvalue weighted by atomic mass is 10.1. The molecule has 0 radical (unpaired) electrons. The highest BCUT2D eigenvalue weighted by Crippen LogP contribution is 2.27. The number of nitro groups is 1. The van der Waals surface area contributed by atoms with E-state index < -0.39 is 10.5 Å². The van der Waals surface area contributed by atoms with E-state index >= 15 is 0 Å². The van der Waals surface area contributed by atoms with Gasteiger partial charge in [0.05, 0.1) is 17.6 Å². The second-order valence-corrected chi connectivity index (χ2v) is 7.07. The van der Waals surface area contributed by atoms with Gasteiger partial charge < -0.3 is 14.8 Å². The summed E-state index contributed by atoms with van der Waals surface area (Å²) in [5.41, 5.74) is 1.69. The molecule has 0 saturated carbocycles. The van der Waals surface area contributed by atoms with Crippen molar-refractivity contribution < 1.29 is 19.2 Å². The van der Waals surface area contributed by atoms with Crippen LogP contribution in [0.2, 0.25) is 0 Å². The molecule has 0 fully saturated rings. The van der Waals surface area contributed by atoms with Crippen LogP contribution in [-0.2, 0) is 17.8 Å². The van der Waals surface area contributed by atoms with Crippen LogP contribution in [-0.4, -0.2) is 23.6 Å². The van der Waals surface area contributed by atoms with Crippen LogP contribution < -0.4 is 10.1 Å². The Hall–Kier alpha value is -2.93. The predicted octanol–water partition coefficient (Wildman–Crippen LogP) is 3.85. The fourth-order valence-corrected chi connectivity index (χ4v) is 2.44. The smallest absolute Gasteiger partial charge is 0.338 e. The normalized spacial score (nSPS) is 11.1. The Labute approximate surface area is 158 Å². The van der Waals surface area contributed by atoms with Crippen LogP contribution in [0.1, 0.15) is 42.3 Å². The summed E-state index contributed by atoms with van der Waals surface area (Å²) >= 11 is 0. The fraction of sp³-hybridized carbons (Fsp3) is 0.350. The van der Waals surface area contributed by atoms with Crippen LogP contribution in [0, 0.1) is 10.1 Å². The summed E-state index contributed by atoms with van der Waals surface area (Å²) in [4.78, 5) is 22.6. The molecule has 0 bridgehead atoms. The lowest BCUT2D eigenvalue weighted by molar-refractivity contribution is -0.385. The molecule has 27 heavy (non-hydrogen) atoms. The summed E-state index contributed by atoms with van der Waals surface area (Å²) in [7, 11) is 1.40. The zero-order chi connectivity index (χ0) is 20.0. The molecule has 7 nitrogen and oxygen atoms in total. The molecule has 2 aromatic carbocycles. The minimum Gasteiger partial charge on any atom is -0.490 e. The number of carbonyl (C=O) groups is 1. The second kappa shape index (κ2) is 8.64. The van der Waals surface area contributed by atoms with Gasteiger partial charge in [-0.15, -0.1) is 0 Å². The van der Waals surface area contributed by atoms with Gasteiger partial charge in [0.15, 0.2) is 5.75 Å². The van der Waals surface area contributed by atoms with Crippen molar-refractivity contribution in [2.45, 2.75) is 39.5 Å². The van der Waals surface area contributed by atoms with Gasteiger partial charge in [-0.05, 0) is 50.1 Å². The van der Waals surface area contributed by atoms with E-state index in [1.165, 1.54) is 13.2 Å². The summed E-state index contributed by atoms with van der Waals surface area (Å²) in [5, 5.41) is 14.3. The summed E-state index contributed by atoms with van der Waals surface area (Å²) < 4.78 is 10.3. The van der Waals surface area contributed by atoms with E-state index in [-0.39, 0.29) is 17.4 Å². The molecule has 2 rings (SSSR count). The number of nitrogens with zero attached hydrogens (tertiary/aromatic N) is 1. The first kappa shape index (κ1) is 20.4. The number of esters is 1. The van der Waals surface area contributed by atoms with Gasteiger partial charge in [-0.2, -0.15) is 0 Å². The Morgan fingerprint density at radius 2 is 1.67 bits per heavy atom. The quantitative estimate of drug-likeness (QED) is 0.451. The fourth-order valence-electron chi connectivity index (χ4n) is 2.44. The van der Waals surface area contributed by atoms with Crippen molar-refractivity contribution in [2.24, 2.45) is 0 Å². The molecule has 0 aliphatic rings. The zero-order valence-corrected chi connectivity index (χ0v) is 15.9. The van der Waals surface area contributed by atoms with Gasteiger partial charge in [-0.1, -0.05) is 18.2 Å². The number of benzene rings is 2. The first-order valence-electron chi connectivity index (χ1n) is 8.54. The molecule has 2 aromatic rings. The minimum absolute atomic E-state index is 0.0569. The molecular weight excluding hydrogens is 348 g/mol. The average Bonchev–Trinajstić information content (AvgIpc) is 2.60. The summed E-state index contributed by atoms with van der Waals surface area (Å²) in [6, 6.07) is 12.0. The largest absolute Gasteiger partial charge is 0.490 e.